The van der Waals surface area contributed by atoms with Gasteiger partial charge in [0.05, 0.1) is 6.54 Å². The Bertz CT molecular complexity index is 225. The number of esters is 1. The van der Waals surface area contributed by atoms with Crippen molar-refractivity contribution in [1.82, 2.24) is 0 Å². The fourth-order valence-electron chi connectivity index (χ4n) is 1.20. The van der Waals surface area contributed by atoms with Gasteiger partial charge in [0.15, 0.2) is 0 Å². The van der Waals surface area contributed by atoms with Crippen molar-refractivity contribution < 1.29 is 9.53 Å². The second kappa shape index (κ2) is 9.34. The number of nitrogens with zero attached hydrogens (tertiary/aromatic N) is 3. The van der Waals surface area contributed by atoms with Gasteiger partial charge in [0.1, 0.15) is 6.10 Å². The maximum absolute atomic E-state index is 11.2. The van der Waals surface area contributed by atoms with Crippen molar-refractivity contribution in [2.75, 3.05) is 6.54 Å². The number of ether oxygens (including phenoxy) is 1. The molecule has 86 valence electrons. The molecule has 15 heavy (non-hydrogen) atoms. The van der Waals surface area contributed by atoms with Crippen molar-refractivity contribution >= 4 is 5.97 Å². The Hall–Kier alpha value is -1.22. The fourth-order valence-corrected chi connectivity index (χ4v) is 1.20. The van der Waals surface area contributed by atoms with Crippen LogP contribution in [0.4, 0.5) is 0 Å². The van der Waals surface area contributed by atoms with Crippen molar-refractivity contribution in [3.8, 4) is 0 Å². The normalized spacial score (nSPS) is 11.6. The number of azide groups is 1. The van der Waals surface area contributed by atoms with Crippen molar-refractivity contribution in [2.24, 2.45) is 5.11 Å². The SMILES string of the molecule is CCCC[C@@H](CN=[N+]=[N-])OC(=O)CCC. The standard InChI is InChI=1S/C10H19N3O2/c1-3-5-7-9(8-12-13-11)15-10(14)6-4-2/h9H,3-8H2,1-2H3/t9-/m0/s1. The third-order valence-corrected chi connectivity index (χ3v) is 1.98. The van der Waals surface area contributed by atoms with Gasteiger partial charge < -0.3 is 4.74 Å². The van der Waals surface area contributed by atoms with Gasteiger partial charge in [-0.3, -0.25) is 4.79 Å². The van der Waals surface area contributed by atoms with E-state index >= 15 is 0 Å². The molecule has 0 fully saturated rings. The lowest BCUT2D eigenvalue weighted by atomic mass is 10.1. The summed E-state index contributed by atoms with van der Waals surface area (Å²) in [5, 5.41) is 3.44. The van der Waals surface area contributed by atoms with E-state index in [1.165, 1.54) is 0 Å². The van der Waals surface area contributed by atoms with Gasteiger partial charge in [-0.2, -0.15) is 0 Å². The van der Waals surface area contributed by atoms with E-state index in [0.717, 1.165) is 25.7 Å². The average molecular weight is 213 g/mol. The molecule has 0 radical (unpaired) electrons. The first-order chi connectivity index (χ1) is 7.24. The van der Waals surface area contributed by atoms with Crippen LogP contribution in [-0.2, 0) is 9.53 Å². The van der Waals surface area contributed by atoms with E-state index in [4.69, 9.17) is 10.3 Å². The number of hydrogen-bond acceptors (Lipinski definition) is 3. The van der Waals surface area contributed by atoms with E-state index in [1.807, 2.05) is 6.92 Å². The molecule has 0 rings (SSSR count). The summed E-state index contributed by atoms with van der Waals surface area (Å²) in [6.45, 7) is 4.24. The molecule has 0 aromatic rings. The van der Waals surface area contributed by atoms with Crippen molar-refractivity contribution in [3.05, 3.63) is 10.4 Å². The number of rotatable bonds is 8. The molecule has 0 aliphatic rings. The van der Waals surface area contributed by atoms with Crippen LogP contribution in [0.2, 0.25) is 0 Å². The maximum atomic E-state index is 11.2. The Labute approximate surface area is 90.4 Å². The molecule has 0 aliphatic carbocycles. The van der Waals surface area contributed by atoms with Gasteiger partial charge >= 0.3 is 5.97 Å². The Kier molecular flexibility index (Phi) is 8.58. The van der Waals surface area contributed by atoms with E-state index in [2.05, 4.69) is 16.9 Å². The molecule has 0 aromatic heterocycles. The molecular formula is C10H19N3O2. The predicted molar refractivity (Wildman–Crippen MR) is 58.3 cm³/mol. The monoisotopic (exact) mass is 213 g/mol. The van der Waals surface area contributed by atoms with Gasteiger partial charge in [-0.1, -0.05) is 31.8 Å². The second-order valence-corrected chi connectivity index (χ2v) is 3.42. The third-order valence-electron chi connectivity index (χ3n) is 1.98. The Morgan fingerprint density at radius 3 is 2.73 bits per heavy atom. The van der Waals surface area contributed by atoms with Crippen LogP contribution in [-0.4, -0.2) is 18.6 Å². The Morgan fingerprint density at radius 1 is 1.47 bits per heavy atom. The molecule has 0 aromatic carbocycles. The minimum Gasteiger partial charge on any atom is -0.462 e. The van der Waals surface area contributed by atoms with Gasteiger partial charge in [-0.25, -0.2) is 0 Å². The van der Waals surface area contributed by atoms with Gasteiger partial charge in [0.25, 0.3) is 0 Å². The first kappa shape index (κ1) is 13.8. The zero-order valence-corrected chi connectivity index (χ0v) is 9.48. The highest BCUT2D eigenvalue weighted by Crippen LogP contribution is 2.07. The maximum Gasteiger partial charge on any atom is 0.306 e. The molecule has 1 atom stereocenters. The molecule has 0 heterocycles. The number of unbranched alkanes of at least 4 members (excludes halogenated alkanes) is 1. The van der Waals surface area contributed by atoms with Crippen LogP contribution in [0.15, 0.2) is 5.11 Å². The highest BCUT2D eigenvalue weighted by molar-refractivity contribution is 5.69. The van der Waals surface area contributed by atoms with Crippen LogP contribution in [0.3, 0.4) is 0 Å². The van der Waals surface area contributed by atoms with Crippen LogP contribution >= 0.6 is 0 Å². The molecule has 0 N–H and O–H groups in total. The van der Waals surface area contributed by atoms with Crippen LogP contribution in [0.5, 0.6) is 0 Å². The summed E-state index contributed by atoms with van der Waals surface area (Å²) in [4.78, 5) is 13.9. The van der Waals surface area contributed by atoms with Crippen molar-refractivity contribution in [1.29, 1.82) is 0 Å². The quantitative estimate of drug-likeness (QED) is 0.269. The van der Waals surface area contributed by atoms with E-state index in [9.17, 15) is 4.79 Å². The van der Waals surface area contributed by atoms with Crippen LogP contribution in [0.1, 0.15) is 46.0 Å². The number of carbonyl (C=O) groups is 1. The number of hydrogen-bond donors (Lipinski definition) is 0. The summed E-state index contributed by atoms with van der Waals surface area (Å²) in [5.74, 6) is -0.202. The Morgan fingerprint density at radius 2 is 2.20 bits per heavy atom. The highest BCUT2D eigenvalue weighted by Gasteiger charge is 2.12. The predicted octanol–water partition coefficient (Wildman–Crippen LogP) is 3.20. The molecule has 0 aliphatic heterocycles. The minimum atomic E-state index is -0.250. The van der Waals surface area contributed by atoms with E-state index in [1.54, 1.807) is 0 Å². The molecule has 0 saturated heterocycles. The van der Waals surface area contributed by atoms with Crippen LogP contribution in [0.25, 0.3) is 10.4 Å². The summed E-state index contributed by atoms with van der Waals surface area (Å²) < 4.78 is 5.19. The smallest absolute Gasteiger partial charge is 0.306 e. The van der Waals surface area contributed by atoms with Gasteiger partial charge in [0, 0.05) is 11.3 Å². The lowest BCUT2D eigenvalue weighted by Crippen LogP contribution is -2.20. The van der Waals surface area contributed by atoms with Crippen LogP contribution < -0.4 is 0 Å². The lowest BCUT2D eigenvalue weighted by molar-refractivity contribution is -0.149. The van der Waals surface area contributed by atoms with Crippen LogP contribution in [0, 0.1) is 0 Å². The minimum absolute atomic E-state index is 0.202. The number of carbonyl (C=O) groups excluding carboxylic acids is 1. The molecule has 5 nitrogen and oxygen atoms in total. The summed E-state index contributed by atoms with van der Waals surface area (Å²) in [6, 6.07) is 0. The molecule has 0 bridgehead atoms. The fraction of sp³-hybridized carbons (Fsp3) is 0.900. The first-order valence-corrected chi connectivity index (χ1v) is 5.44. The zero-order valence-electron chi connectivity index (χ0n) is 9.48. The largest absolute Gasteiger partial charge is 0.462 e. The van der Waals surface area contributed by atoms with E-state index < -0.39 is 0 Å². The van der Waals surface area contributed by atoms with Gasteiger partial charge in [0.2, 0.25) is 0 Å². The molecule has 0 unspecified atom stereocenters. The topological polar surface area (TPSA) is 75.1 Å². The van der Waals surface area contributed by atoms with Gasteiger partial charge in [-0.05, 0) is 18.4 Å². The zero-order chi connectivity index (χ0) is 11.5. The average Bonchev–Trinajstić information content (AvgIpc) is 2.22. The van der Waals surface area contributed by atoms with Gasteiger partial charge in [-0.15, -0.1) is 0 Å². The summed E-state index contributed by atoms with van der Waals surface area (Å²) in [7, 11) is 0. The lowest BCUT2D eigenvalue weighted by Gasteiger charge is -2.15. The summed E-state index contributed by atoms with van der Waals surface area (Å²) in [6.07, 6.45) is 3.74. The second-order valence-electron chi connectivity index (χ2n) is 3.42. The van der Waals surface area contributed by atoms with E-state index in [-0.39, 0.29) is 18.6 Å². The third kappa shape index (κ3) is 7.82. The van der Waals surface area contributed by atoms with Crippen molar-refractivity contribution in [3.63, 3.8) is 0 Å². The Balaban J connectivity index is 3.98. The molecule has 5 heteroatoms. The first-order valence-electron chi connectivity index (χ1n) is 5.44. The van der Waals surface area contributed by atoms with Crippen molar-refractivity contribution in [2.45, 2.75) is 52.1 Å². The molecule has 0 saturated carbocycles. The molecule has 0 amide bonds. The molecular weight excluding hydrogens is 194 g/mol. The van der Waals surface area contributed by atoms with E-state index in [0.29, 0.717) is 6.42 Å². The summed E-state index contributed by atoms with van der Waals surface area (Å²) >= 11 is 0. The highest BCUT2D eigenvalue weighted by atomic mass is 16.5. The summed E-state index contributed by atoms with van der Waals surface area (Å²) in [5.41, 5.74) is 8.20. The molecule has 0 spiro atoms.